The third-order valence-electron chi connectivity index (χ3n) is 3.63. The van der Waals surface area contributed by atoms with Crippen LogP contribution < -0.4 is 16.5 Å². The number of hydrogen-bond donors (Lipinski definition) is 3. The Morgan fingerprint density at radius 1 is 1.19 bits per heavy atom. The van der Waals surface area contributed by atoms with Crippen LogP contribution in [0.4, 0.5) is 5.69 Å². The van der Waals surface area contributed by atoms with Crippen LogP contribution in [0, 0.1) is 0 Å². The summed E-state index contributed by atoms with van der Waals surface area (Å²) in [6.07, 6.45) is 0. The molecule has 4 N–H and O–H groups in total. The molecule has 0 atom stereocenters. The third kappa shape index (κ3) is 4.12. The number of benzene rings is 2. The average molecular weight is 413 g/mol. The molecule has 3 aromatic rings. The van der Waals surface area contributed by atoms with E-state index < -0.39 is 0 Å². The molecule has 0 unspecified atom stereocenters. The summed E-state index contributed by atoms with van der Waals surface area (Å²) in [6, 6.07) is 14.6. The molecule has 3 rings (SSSR count). The number of nitrogens with zero attached hydrogens (tertiary/aromatic N) is 1. The lowest BCUT2D eigenvalue weighted by Crippen LogP contribution is -2.14. The molecule has 0 saturated heterocycles. The molecule has 0 bridgehead atoms. The fourth-order valence-electron chi connectivity index (χ4n) is 2.33. The van der Waals surface area contributed by atoms with Gasteiger partial charge in [-0.1, -0.05) is 34.6 Å². The van der Waals surface area contributed by atoms with E-state index >= 15 is 0 Å². The van der Waals surface area contributed by atoms with Gasteiger partial charge in [-0.25, -0.2) is 0 Å². The first-order chi connectivity index (χ1) is 12.4. The molecule has 132 valence electrons. The smallest absolute Gasteiger partial charge is 0.291 e. The van der Waals surface area contributed by atoms with E-state index in [1.165, 1.54) is 0 Å². The molecule has 2 aromatic carbocycles. The highest BCUT2D eigenvalue weighted by Gasteiger charge is 2.13. The maximum atomic E-state index is 12.4. The highest BCUT2D eigenvalue weighted by Crippen LogP contribution is 2.24. The topological polar surface area (TPSA) is 92.6 Å². The molecule has 1 amide bonds. The van der Waals surface area contributed by atoms with E-state index in [1.54, 1.807) is 18.2 Å². The number of hydrogen-bond acceptors (Lipinski definition) is 5. The maximum absolute atomic E-state index is 12.4. The number of nitrogens with one attached hydrogen (secondary N) is 2. The number of anilines is 1. The molecule has 6 nitrogen and oxygen atoms in total. The van der Waals surface area contributed by atoms with Gasteiger partial charge >= 0.3 is 0 Å². The zero-order valence-corrected chi connectivity index (χ0v) is 15.6. The minimum absolute atomic E-state index is 0.255. The van der Waals surface area contributed by atoms with E-state index in [1.807, 2.05) is 37.3 Å². The van der Waals surface area contributed by atoms with Crippen LogP contribution >= 0.6 is 15.9 Å². The lowest BCUT2D eigenvalue weighted by Gasteiger charge is -2.06. The van der Waals surface area contributed by atoms with E-state index in [-0.39, 0.29) is 17.5 Å². The second-order valence-electron chi connectivity index (χ2n) is 5.66. The first-order valence-corrected chi connectivity index (χ1v) is 8.57. The van der Waals surface area contributed by atoms with E-state index in [0.29, 0.717) is 11.3 Å². The van der Waals surface area contributed by atoms with Crippen molar-refractivity contribution in [2.45, 2.75) is 6.92 Å². The fourth-order valence-corrected chi connectivity index (χ4v) is 2.71. The average Bonchev–Trinajstić information content (AvgIpc) is 3.03. The molecule has 7 heteroatoms. The Kier molecular flexibility index (Phi) is 5.09. The lowest BCUT2D eigenvalue weighted by atomic mass is 10.1. The van der Waals surface area contributed by atoms with Crippen LogP contribution in [0.3, 0.4) is 0 Å². The molecular formula is C19H17BrN4O2. The second kappa shape index (κ2) is 7.45. The van der Waals surface area contributed by atoms with Gasteiger partial charge in [0.15, 0.2) is 5.76 Å². The van der Waals surface area contributed by atoms with Gasteiger partial charge in [0.2, 0.25) is 0 Å². The Hall–Kier alpha value is -3.06. The molecular weight excluding hydrogens is 396 g/mol. The number of furan rings is 1. The van der Waals surface area contributed by atoms with E-state index in [0.717, 1.165) is 21.1 Å². The Labute approximate surface area is 158 Å². The summed E-state index contributed by atoms with van der Waals surface area (Å²) in [5.41, 5.74) is 11.0. The van der Waals surface area contributed by atoms with Gasteiger partial charge in [-0.05, 0) is 48.9 Å². The normalized spacial score (nSPS) is 11.4. The monoisotopic (exact) mass is 412 g/mol. The SMILES string of the molecule is C=C(N)N/N=C(\C)c1ccc(NC(=O)c2cc3cc(Br)ccc3o2)cc1. The summed E-state index contributed by atoms with van der Waals surface area (Å²) < 4.78 is 6.52. The number of fused-ring (bicyclic) bond motifs is 1. The molecule has 1 heterocycles. The summed E-state index contributed by atoms with van der Waals surface area (Å²) in [4.78, 5) is 12.4. The molecule has 1 aromatic heterocycles. The van der Waals surface area contributed by atoms with Gasteiger partial charge in [-0.15, -0.1) is 0 Å². The van der Waals surface area contributed by atoms with E-state index in [2.05, 4.69) is 38.4 Å². The van der Waals surface area contributed by atoms with Crippen molar-refractivity contribution in [3.05, 3.63) is 76.7 Å². The summed E-state index contributed by atoms with van der Waals surface area (Å²) in [5, 5.41) is 7.78. The van der Waals surface area contributed by atoms with Gasteiger partial charge in [0.05, 0.1) is 5.71 Å². The lowest BCUT2D eigenvalue weighted by molar-refractivity contribution is 0.0998. The second-order valence-corrected chi connectivity index (χ2v) is 6.57. The van der Waals surface area contributed by atoms with Crippen LogP contribution in [0.2, 0.25) is 0 Å². The van der Waals surface area contributed by atoms with Gasteiger partial charge in [0, 0.05) is 15.5 Å². The van der Waals surface area contributed by atoms with Crippen LogP contribution in [-0.2, 0) is 0 Å². The summed E-state index contributed by atoms with van der Waals surface area (Å²) >= 11 is 3.40. The van der Waals surface area contributed by atoms with Gasteiger partial charge in [-0.2, -0.15) is 5.10 Å². The van der Waals surface area contributed by atoms with Gasteiger partial charge in [-0.3, -0.25) is 10.2 Å². The van der Waals surface area contributed by atoms with E-state index in [9.17, 15) is 4.79 Å². The highest BCUT2D eigenvalue weighted by molar-refractivity contribution is 9.10. The predicted octanol–water partition coefficient (Wildman–Crippen LogP) is 4.19. The van der Waals surface area contributed by atoms with Crippen molar-refractivity contribution in [2.75, 3.05) is 5.32 Å². The van der Waals surface area contributed by atoms with Crippen molar-refractivity contribution in [3.8, 4) is 0 Å². The first-order valence-electron chi connectivity index (χ1n) is 7.78. The maximum Gasteiger partial charge on any atom is 0.291 e. The highest BCUT2D eigenvalue weighted by atomic mass is 79.9. The fraction of sp³-hybridized carbons (Fsp3) is 0.0526. The molecule has 0 saturated carbocycles. The Bertz CT molecular complexity index is 1010. The van der Waals surface area contributed by atoms with Crippen molar-refractivity contribution in [1.29, 1.82) is 0 Å². The minimum atomic E-state index is -0.309. The van der Waals surface area contributed by atoms with Crippen molar-refractivity contribution < 1.29 is 9.21 Å². The predicted molar refractivity (Wildman–Crippen MR) is 107 cm³/mol. The van der Waals surface area contributed by atoms with Crippen molar-refractivity contribution in [3.63, 3.8) is 0 Å². The Morgan fingerprint density at radius 2 is 1.92 bits per heavy atom. The molecule has 26 heavy (non-hydrogen) atoms. The van der Waals surface area contributed by atoms with Crippen molar-refractivity contribution in [2.24, 2.45) is 10.8 Å². The third-order valence-corrected chi connectivity index (χ3v) is 4.12. The van der Waals surface area contributed by atoms with Gasteiger partial charge in [0.25, 0.3) is 5.91 Å². The van der Waals surface area contributed by atoms with Crippen LogP contribution in [0.1, 0.15) is 23.0 Å². The zero-order valence-electron chi connectivity index (χ0n) is 14.0. The summed E-state index contributed by atoms with van der Waals surface area (Å²) in [7, 11) is 0. The molecule has 0 spiro atoms. The van der Waals surface area contributed by atoms with Gasteiger partial charge < -0.3 is 15.5 Å². The Balaban J connectivity index is 1.72. The molecule has 0 aliphatic heterocycles. The van der Waals surface area contributed by atoms with Crippen LogP contribution in [-0.4, -0.2) is 11.6 Å². The number of carbonyl (C=O) groups is 1. The Morgan fingerprint density at radius 3 is 2.62 bits per heavy atom. The molecule has 0 radical (unpaired) electrons. The van der Waals surface area contributed by atoms with Crippen molar-refractivity contribution in [1.82, 2.24) is 5.43 Å². The van der Waals surface area contributed by atoms with Crippen LogP contribution in [0.25, 0.3) is 11.0 Å². The molecule has 0 fully saturated rings. The zero-order chi connectivity index (χ0) is 18.7. The number of nitrogens with two attached hydrogens (primary N) is 1. The quantitative estimate of drug-likeness (QED) is 0.432. The minimum Gasteiger partial charge on any atom is -0.451 e. The molecule has 0 aliphatic rings. The largest absolute Gasteiger partial charge is 0.451 e. The van der Waals surface area contributed by atoms with E-state index in [4.69, 9.17) is 10.2 Å². The summed E-state index contributed by atoms with van der Waals surface area (Å²) in [6.45, 7) is 5.36. The standard InChI is InChI=1S/C19H17BrN4O2/c1-11(23-24-12(2)21)13-3-6-16(7-4-13)22-19(25)18-10-14-9-15(20)5-8-17(14)26-18/h3-10,24H,2,21H2,1H3,(H,22,25)/b23-11+. The van der Waals surface area contributed by atoms with Crippen molar-refractivity contribution >= 4 is 44.2 Å². The number of rotatable bonds is 5. The first kappa shape index (κ1) is 17.8. The summed E-state index contributed by atoms with van der Waals surface area (Å²) in [5.74, 6) is 0.216. The number of halogens is 1. The van der Waals surface area contributed by atoms with Crippen LogP contribution in [0.15, 0.2) is 74.9 Å². The molecule has 0 aliphatic carbocycles. The number of amides is 1. The van der Waals surface area contributed by atoms with Gasteiger partial charge in [0.1, 0.15) is 11.4 Å². The number of hydrazone groups is 1. The van der Waals surface area contributed by atoms with Crippen LogP contribution in [0.5, 0.6) is 0 Å². The number of carbonyl (C=O) groups excluding carboxylic acids is 1.